The van der Waals surface area contributed by atoms with Crippen LogP contribution in [0, 0.1) is 0 Å². The maximum absolute atomic E-state index is 13.2. The predicted molar refractivity (Wildman–Crippen MR) is 111 cm³/mol. The molecule has 0 radical (unpaired) electrons. The average Bonchev–Trinajstić information content (AvgIpc) is 3.42. The second kappa shape index (κ2) is 6.88. The lowest BCUT2D eigenvalue weighted by atomic mass is 10.1. The van der Waals surface area contributed by atoms with Crippen LogP contribution in [0.3, 0.4) is 0 Å². The van der Waals surface area contributed by atoms with Crippen LogP contribution >= 0.6 is 27.3 Å². The molecule has 6 nitrogen and oxygen atoms in total. The summed E-state index contributed by atoms with van der Waals surface area (Å²) in [4.78, 5) is 23.6. The highest BCUT2D eigenvalue weighted by molar-refractivity contribution is 9.10. The van der Waals surface area contributed by atoms with Gasteiger partial charge in [0, 0.05) is 21.6 Å². The summed E-state index contributed by atoms with van der Waals surface area (Å²) in [5.41, 5.74) is 1.97. The zero-order chi connectivity index (χ0) is 19.1. The van der Waals surface area contributed by atoms with Crippen molar-refractivity contribution in [1.29, 1.82) is 0 Å². The summed E-state index contributed by atoms with van der Waals surface area (Å²) in [7, 11) is 0. The maximum Gasteiger partial charge on any atom is 0.284 e. The first-order valence-electron chi connectivity index (χ1n) is 8.39. The van der Waals surface area contributed by atoms with Crippen LogP contribution in [0.2, 0.25) is 0 Å². The molecule has 3 aromatic rings. The van der Waals surface area contributed by atoms with E-state index in [9.17, 15) is 4.79 Å². The van der Waals surface area contributed by atoms with E-state index in [4.69, 9.17) is 9.47 Å². The quantitative estimate of drug-likeness (QED) is 0.548. The standard InChI is InChI=1S/C20H12BrN3O3S/c21-14-3-1-2-13(10-14)18-23-15(19(25)24(18)20-22-6-7-28-20)8-12-4-5-16-17(9-12)27-11-26-16/h1-10H,11H2. The molecule has 0 saturated heterocycles. The summed E-state index contributed by atoms with van der Waals surface area (Å²) in [6.45, 7) is 0.206. The number of hydrogen-bond donors (Lipinski definition) is 0. The van der Waals surface area contributed by atoms with E-state index in [0.717, 1.165) is 15.6 Å². The van der Waals surface area contributed by atoms with Crippen LogP contribution in [-0.2, 0) is 4.79 Å². The van der Waals surface area contributed by atoms with Crippen molar-refractivity contribution >= 4 is 50.2 Å². The highest BCUT2D eigenvalue weighted by Gasteiger charge is 2.34. The average molecular weight is 454 g/mol. The van der Waals surface area contributed by atoms with Crippen molar-refractivity contribution in [3.8, 4) is 11.5 Å². The number of aliphatic imine (C=N–C) groups is 1. The van der Waals surface area contributed by atoms with Crippen molar-refractivity contribution in [2.75, 3.05) is 11.7 Å². The van der Waals surface area contributed by atoms with Gasteiger partial charge in [-0.05, 0) is 35.9 Å². The Bertz CT molecular complexity index is 1140. The van der Waals surface area contributed by atoms with Crippen LogP contribution < -0.4 is 14.4 Å². The first-order chi connectivity index (χ1) is 13.7. The van der Waals surface area contributed by atoms with Gasteiger partial charge in [-0.1, -0.05) is 34.1 Å². The molecule has 138 valence electrons. The second-order valence-corrected chi connectivity index (χ2v) is 7.83. The van der Waals surface area contributed by atoms with Gasteiger partial charge in [0.1, 0.15) is 11.5 Å². The summed E-state index contributed by atoms with van der Waals surface area (Å²) >= 11 is 4.87. The van der Waals surface area contributed by atoms with E-state index < -0.39 is 0 Å². The first kappa shape index (κ1) is 17.2. The minimum atomic E-state index is -0.220. The molecule has 8 heteroatoms. The molecule has 1 aromatic heterocycles. The van der Waals surface area contributed by atoms with Crippen molar-refractivity contribution < 1.29 is 14.3 Å². The number of amidine groups is 1. The van der Waals surface area contributed by atoms with Crippen LogP contribution in [0.5, 0.6) is 11.5 Å². The number of carbonyl (C=O) groups is 1. The lowest BCUT2D eigenvalue weighted by Gasteiger charge is -2.15. The Labute approximate surface area is 172 Å². The molecule has 0 spiro atoms. The largest absolute Gasteiger partial charge is 0.454 e. The predicted octanol–water partition coefficient (Wildman–Crippen LogP) is 4.47. The van der Waals surface area contributed by atoms with Crippen molar-refractivity contribution in [2.24, 2.45) is 4.99 Å². The molecule has 3 heterocycles. The Balaban J connectivity index is 1.59. The molecule has 0 saturated carbocycles. The molecule has 28 heavy (non-hydrogen) atoms. The first-order valence-corrected chi connectivity index (χ1v) is 10.1. The van der Waals surface area contributed by atoms with E-state index in [-0.39, 0.29) is 12.7 Å². The molecule has 0 fully saturated rings. The van der Waals surface area contributed by atoms with Crippen molar-refractivity contribution in [3.63, 3.8) is 0 Å². The van der Waals surface area contributed by atoms with Crippen molar-refractivity contribution in [3.05, 3.63) is 75.3 Å². The van der Waals surface area contributed by atoms with Gasteiger partial charge in [0.15, 0.2) is 16.6 Å². The Hall–Kier alpha value is -2.97. The molecule has 2 aliphatic heterocycles. The van der Waals surface area contributed by atoms with Crippen LogP contribution in [0.15, 0.2) is 69.2 Å². The number of aromatic nitrogens is 1. The fraction of sp³-hybridized carbons (Fsp3) is 0.0500. The summed E-state index contributed by atoms with van der Waals surface area (Å²) in [6.07, 6.45) is 3.42. The van der Waals surface area contributed by atoms with Gasteiger partial charge in [0.05, 0.1) is 0 Å². The van der Waals surface area contributed by atoms with Crippen LogP contribution in [0.4, 0.5) is 5.13 Å². The molecule has 5 rings (SSSR count). The van der Waals surface area contributed by atoms with E-state index in [2.05, 4.69) is 25.9 Å². The highest BCUT2D eigenvalue weighted by Crippen LogP contribution is 2.34. The number of nitrogens with zero attached hydrogens (tertiary/aromatic N) is 3. The molecule has 0 unspecified atom stereocenters. The van der Waals surface area contributed by atoms with Gasteiger partial charge in [0.25, 0.3) is 5.91 Å². The molecule has 2 aliphatic rings. The lowest BCUT2D eigenvalue weighted by molar-refractivity contribution is -0.113. The fourth-order valence-electron chi connectivity index (χ4n) is 3.00. The van der Waals surface area contributed by atoms with Crippen molar-refractivity contribution in [2.45, 2.75) is 0 Å². The zero-order valence-corrected chi connectivity index (χ0v) is 16.7. The number of halogens is 1. The van der Waals surface area contributed by atoms with Gasteiger partial charge in [-0.2, -0.15) is 0 Å². The lowest BCUT2D eigenvalue weighted by Crippen LogP contribution is -2.32. The van der Waals surface area contributed by atoms with Gasteiger partial charge in [-0.3, -0.25) is 4.79 Å². The number of ether oxygens (including phenoxy) is 2. The van der Waals surface area contributed by atoms with Gasteiger partial charge in [-0.25, -0.2) is 14.9 Å². The third-order valence-corrected chi connectivity index (χ3v) is 5.50. The number of carbonyl (C=O) groups excluding carboxylic acids is 1. The number of benzene rings is 2. The van der Waals surface area contributed by atoms with E-state index in [1.165, 1.54) is 11.3 Å². The molecule has 0 aliphatic carbocycles. The maximum atomic E-state index is 13.2. The second-order valence-electron chi connectivity index (χ2n) is 6.04. The Kier molecular flexibility index (Phi) is 4.22. The SMILES string of the molecule is O=C1C(=Cc2ccc3c(c2)OCO3)N=C(c2cccc(Br)c2)N1c1nccs1. The minimum absolute atomic E-state index is 0.206. The number of amides is 1. The monoisotopic (exact) mass is 453 g/mol. The van der Waals surface area contributed by atoms with Crippen LogP contribution in [0.1, 0.15) is 11.1 Å². The van der Waals surface area contributed by atoms with Crippen LogP contribution in [-0.4, -0.2) is 23.5 Å². The number of thiazole rings is 1. The summed E-state index contributed by atoms with van der Waals surface area (Å²) in [6, 6.07) is 13.2. The Morgan fingerprint density at radius 3 is 2.86 bits per heavy atom. The van der Waals surface area contributed by atoms with Crippen molar-refractivity contribution in [1.82, 2.24) is 4.98 Å². The summed E-state index contributed by atoms with van der Waals surface area (Å²) in [5, 5.41) is 2.42. The number of fused-ring (bicyclic) bond motifs is 1. The molecular weight excluding hydrogens is 442 g/mol. The number of anilines is 1. The van der Waals surface area contributed by atoms with Gasteiger partial charge in [0.2, 0.25) is 6.79 Å². The third kappa shape index (κ3) is 3.00. The third-order valence-electron chi connectivity index (χ3n) is 4.25. The van der Waals surface area contributed by atoms with E-state index >= 15 is 0 Å². The molecule has 0 bridgehead atoms. The van der Waals surface area contributed by atoms with Crippen LogP contribution in [0.25, 0.3) is 6.08 Å². The zero-order valence-electron chi connectivity index (χ0n) is 14.3. The smallest absolute Gasteiger partial charge is 0.284 e. The minimum Gasteiger partial charge on any atom is -0.454 e. The van der Waals surface area contributed by atoms with E-state index in [0.29, 0.717) is 28.2 Å². The topological polar surface area (TPSA) is 64.0 Å². The van der Waals surface area contributed by atoms with E-state index in [1.54, 1.807) is 17.2 Å². The fourth-order valence-corrected chi connectivity index (χ4v) is 4.04. The summed E-state index contributed by atoms with van der Waals surface area (Å²) < 4.78 is 11.7. The molecule has 1 amide bonds. The van der Waals surface area contributed by atoms with Gasteiger partial charge in [-0.15, -0.1) is 11.3 Å². The molecule has 0 N–H and O–H groups in total. The Morgan fingerprint density at radius 2 is 2.04 bits per heavy atom. The van der Waals surface area contributed by atoms with Gasteiger partial charge < -0.3 is 9.47 Å². The molecule has 2 aromatic carbocycles. The summed E-state index contributed by atoms with van der Waals surface area (Å²) in [5.74, 6) is 1.69. The number of hydrogen-bond acceptors (Lipinski definition) is 6. The molecular formula is C20H12BrN3O3S. The van der Waals surface area contributed by atoms with Gasteiger partial charge >= 0.3 is 0 Å². The molecule has 0 atom stereocenters. The number of rotatable bonds is 3. The highest BCUT2D eigenvalue weighted by atomic mass is 79.9. The van der Waals surface area contributed by atoms with E-state index in [1.807, 2.05) is 47.8 Å². The Morgan fingerprint density at radius 1 is 1.14 bits per heavy atom. The normalized spacial score (nSPS) is 16.8.